The molecule has 8 nitrogen and oxygen atoms in total. The number of aliphatic carboxylic acids is 1. The van der Waals surface area contributed by atoms with Gasteiger partial charge >= 0.3 is 11.9 Å². The van der Waals surface area contributed by atoms with Crippen molar-refractivity contribution in [3.63, 3.8) is 0 Å². The highest BCUT2D eigenvalue weighted by Crippen LogP contribution is 2.16. The molecule has 0 saturated carbocycles. The number of nitrogens with zero attached hydrogens (tertiary/aromatic N) is 1. The van der Waals surface area contributed by atoms with Gasteiger partial charge in [0.05, 0.1) is 40.3 Å². The predicted molar refractivity (Wildman–Crippen MR) is 227 cm³/mol. The number of rotatable bonds is 41. The zero-order valence-corrected chi connectivity index (χ0v) is 36.6. The summed E-state index contributed by atoms with van der Waals surface area (Å²) in [6.45, 7) is 4.60. The van der Waals surface area contributed by atoms with Crippen LogP contribution in [0.4, 0.5) is 0 Å². The van der Waals surface area contributed by atoms with Crippen LogP contribution in [0.2, 0.25) is 0 Å². The third kappa shape index (κ3) is 37.2. The molecule has 0 amide bonds. The van der Waals surface area contributed by atoms with Crippen LogP contribution in [0.5, 0.6) is 0 Å². The normalized spacial score (nSPS) is 13.1. The predicted octanol–water partition coefficient (Wildman–Crippen LogP) is 11.1. The average Bonchev–Trinajstić information content (AvgIpc) is 3.14. The molecule has 0 N–H and O–H groups in total. The summed E-state index contributed by atoms with van der Waals surface area (Å²) in [5, 5.41) is 11.6. The van der Waals surface area contributed by atoms with Crippen molar-refractivity contribution in [2.45, 2.75) is 219 Å². The van der Waals surface area contributed by atoms with E-state index >= 15 is 0 Å². The molecule has 55 heavy (non-hydrogen) atoms. The first-order valence-corrected chi connectivity index (χ1v) is 22.9. The Morgan fingerprint density at radius 3 is 1.47 bits per heavy atom. The Balaban J connectivity index is 4.28. The van der Waals surface area contributed by atoms with E-state index in [1.165, 1.54) is 103 Å². The van der Waals surface area contributed by atoms with Crippen molar-refractivity contribution >= 4 is 17.9 Å². The second-order valence-electron chi connectivity index (χ2n) is 16.6. The highest BCUT2D eigenvalue weighted by Gasteiger charge is 2.25. The molecular weight excluding hydrogens is 691 g/mol. The first-order valence-electron chi connectivity index (χ1n) is 22.9. The van der Waals surface area contributed by atoms with E-state index in [1.54, 1.807) is 21.1 Å². The number of hydrogen-bond donors (Lipinski definition) is 0. The van der Waals surface area contributed by atoms with Crippen molar-refractivity contribution in [1.29, 1.82) is 0 Å². The molecule has 0 bridgehead atoms. The molecule has 0 radical (unpaired) electrons. The lowest BCUT2D eigenvalue weighted by Gasteiger charge is -2.34. The summed E-state index contributed by atoms with van der Waals surface area (Å²) < 4.78 is 17.2. The van der Waals surface area contributed by atoms with Crippen LogP contribution in [0.1, 0.15) is 206 Å². The molecule has 0 aromatic carbocycles. The molecule has 0 aromatic heterocycles. The number of allylic oxidation sites excluding steroid dienone is 4. The van der Waals surface area contributed by atoms with E-state index in [9.17, 15) is 19.5 Å². The zero-order chi connectivity index (χ0) is 40.7. The Labute approximate surface area is 339 Å². The fraction of sp³-hybridized carbons (Fsp3) is 0.851. The Bertz CT molecular complexity index is 957. The van der Waals surface area contributed by atoms with Gasteiger partial charge in [-0.15, -0.1) is 0 Å². The largest absolute Gasteiger partial charge is 0.544 e. The van der Waals surface area contributed by atoms with Gasteiger partial charge in [-0.25, -0.2) is 0 Å². The van der Waals surface area contributed by atoms with Crippen LogP contribution >= 0.6 is 0 Å². The van der Waals surface area contributed by atoms with Gasteiger partial charge in [-0.05, 0) is 38.5 Å². The summed E-state index contributed by atoms with van der Waals surface area (Å²) in [4.78, 5) is 36.8. The van der Waals surface area contributed by atoms with Gasteiger partial charge in [0.25, 0.3) is 0 Å². The molecule has 2 atom stereocenters. The number of carbonyl (C=O) groups excluding carboxylic acids is 3. The van der Waals surface area contributed by atoms with E-state index in [-0.39, 0.29) is 42.7 Å². The number of unbranched alkanes of at least 4 members (excludes halogenated alkanes) is 23. The van der Waals surface area contributed by atoms with Crippen LogP contribution in [0.15, 0.2) is 24.3 Å². The molecule has 0 aliphatic rings. The van der Waals surface area contributed by atoms with Crippen LogP contribution in [-0.2, 0) is 28.6 Å². The van der Waals surface area contributed by atoms with Gasteiger partial charge in [0, 0.05) is 19.3 Å². The van der Waals surface area contributed by atoms with E-state index in [4.69, 9.17) is 14.2 Å². The zero-order valence-electron chi connectivity index (χ0n) is 36.6. The molecule has 0 fully saturated rings. The maximum Gasteiger partial charge on any atom is 0.306 e. The number of carboxylic acid groups (broad SMARTS) is 1. The molecule has 2 unspecified atom stereocenters. The average molecular weight is 778 g/mol. The number of hydrogen-bond acceptors (Lipinski definition) is 7. The minimum Gasteiger partial charge on any atom is -0.544 e. The Hall–Kier alpha value is -2.19. The topological polar surface area (TPSA) is 102 Å². The molecular formula is C47H87NO7. The van der Waals surface area contributed by atoms with Gasteiger partial charge in [-0.1, -0.05) is 173 Å². The summed E-state index contributed by atoms with van der Waals surface area (Å²) in [7, 11) is 5.41. The fourth-order valence-electron chi connectivity index (χ4n) is 6.76. The molecule has 0 aromatic rings. The van der Waals surface area contributed by atoms with Crippen LogP contribution in [-0.4, -0.2) is 75.5 Å². The minimum atomic E-state index is -1.13. The van der Waals surface area contributed by atoms with Gasteiger partial charge in [-0.3, -0.25) is 9.59 Å². The Morgan fingerprint density at radius 2 is 1.00 bits per heavy atom. The first kappa shape index (κ1) is 52.8. The highest BCUT2D eigenvalue weighted by molar-refractivity contribution is 5.70. The molecule has 0 aliphatic heterocycles. The lowest BCUT2D eigenvalue weighted by Crippen LogP contribution is -2.55. The number of likely N-dealkylation sites (N-methyl/N-ethyl adjacent to an activating group) is 1. The van der Waals surface area contributed by atoms with E-state index in [1.807, 2.05) is 0 Å². The first-order chi connectivity index (χ1) is 26.6. The third-order valence-corrected chi connectivity index (χ3v) is 10.3. The van der Waals surface area contributed by atoms with Gasteiger partial charge in [-0.2, -0.15) is 0 Å². The van der Waals surface area contributed by atoms with Gasteiger partial charge < -0.3 is 28.6 Å². The lowest BCUT2D eigenvalue weighted by atomic mass is 10.0. The Kier molecular flexibility index (Phi) is 37.1. The summed E-state index contributed by atoms with van der Waals surface area (Å²) in [5.41, 5.74) is 0. The second kappa shape index (κ2) is 38.7. The molecule has 0 saturated heterocycles. The summed E-state index contributed by atoms with van der Waals surface area (Å²) in [5.74, 6) is -1.74. The number of carboxylic acids is 1. The maximum absolute atomic E-state index is 12.7. The number of carbonyl (C=O) groups is 3. The van der Waals surface area contributed by atoms with E-state index in [0.717, 1.165) is 70.6 Å². The number of quaternary nitrogens is 1. The van der Waals surface area contributed by atoms with E-state index in [2.05, 4.69) is 38.2 Å². The highest BCUT2D eigenvalue weighted by atomic mass is 16.6. The molecule has 8 heteroatoms. The lowest BCUT2D eigenvalue weighted by molar-refractivity contribution is -0.889. The molecule has 0 rings (SSSR count). The molecule has 0 heterocycles. The quantitative estimate of drug-likeness (QED) is 0.0264. The monoisotopic (exact) mass is 778 g/mol. The van der Waals surface area contributed by atoms with Crippen molar-refractivity contribution in [2.75, 3.05) is 41.0 Å². The molecule has 0 spiro atoms. The van der Waals surface area contributed by atoms with Crippen molar-refractivity contribution < 1.29 is 38.2 Å². The van der Waals surface area contributed by atoms with Crippen LogP contribution in [0.25, 0.3) is 0 Å². The van der Waals surface area contributed by atoms with Gasteiger partial charge in [0.2, 0.25) is 0 Å². The smallest absolute Gasteiger partial charge is 0.306 e. The van der Waals surface area contributed by atoms with E-state index in [0.29, 0.717) is 12.8 Å². The standard InChI is InChI=1S/C47H87NO7/c1-6-8-10-12-14-16-18-20-21-22-23-24-26-27-29-31-33-35-37-45(49)54-42-43(41-53-40-39-44(47(51)52)48(3,4)5)55-46(50)38-36-34-32-30-28-25-19-17-15-13-11-9-7-2/h11,13,17,19,43-44H,6-10,12,14-16,18,20-42H2,1-5H3/b13-11-,19-17-. The fourth-order valence-corrected chi connectivity index (χ4v) is 6.76. The summed E-state index contributed by atoms with van der Waals surface area (Å²) in [6, 6.07) is -0.725. The van der Waals surface area contributed by atoms with Crippen molar-refractivity contribution in [3.8, 4) is 0 Å². The van der Waals surface area contributed by atoms with Crippen LogP contribution < -0.4 is 5.11 Å². The van der Waals surface area contributed by atoms with Crippen molar-refractivity contribution in [2.24, 2.45) is 0 Å². The van der Waals surface area contributed by atoms with Gasteiger partial charge in [0.1, 0.15) is 12.6 Å². The Morgan fingerprint density at radius 1 is 0.545 bits per heavy atom. The maximum atomic E-state index is 12.7. The summed E-state index contributed by atoms with van der Waals surface area (Å²) >= 11 is 0. The number of esters is 2. The number of ether oxygens (including phenoxy) is 3. The SMILES string of the molecule is CCC/C=C\C/C=C\CCCCCCCC(=O)OC(COCCC(C(=O)[O-])[N+](C)(C)C)COC(=O)CCCCCCCCCCCCCCCCCCCC. The van der Waals surface area contributed by atoms with Crippen LogP contribution in [0.3, 0.4) is 0 Å². The van der Waals surface area contributed by atoms with Crippen molar-refractivity contribution in [1.82, 2.24) is 0 Å². The summed E-state index contributed by atoms with van der Waals surface area (Å²) in [6.07, 6.45) is 42.0. The molecule has 0 aliphatic carbocycles. The van der Waals surface area contributed by atoms with Crippen molar-refractivity contribution in [3.05, 3.63) is 24.3 Å². The third-order valence-electron chi connectivity index (χ3n) is 10.3. The second-order valence-corrected chi connectivity index (χ2v) is 16.6. The van der Waals surface area contributed by atoms with Crippen LogP contribution in [0, 0.1) is 0 Å². The minimum absolute atomic E-state index is 0.0387. The molecule has 322 valence electrons. The van der Waals surface area contributed by atoms with E-state index < -0.39 is 18.1 Å². The van der Waals surface area contributed by atoms with Gasteiger partial charge in [0.15, 0.2) is 6.10 Å².